The number of rotatable bonds is 2. The predicted molar refractivity (Wildman–Crippen MR) is 80.7 cm³/mol. The van der Waals surface area contributed by atoms with Gasteiger partial charge >= 0.3 is 0 Å². The summed E-state index contributed by atoms with van der Waals surface area (Å²) in [5, 5.41) is 10.6. The molecule has 1 aromatic carbocycles. The van der Waals surface area contributed by atoms with Crippen molar-refractivity contribution in [1.82, 2.24) is 9.88 Å². The lowest BCUT2D eigenvalue weighted by Gasteiger charge is -2.42. The number of aliphatic hydroxyl groups is 1. The first-order valence-corrected chi connectivity index (χ1v) is 7.81. The van der Waals surface area contributed by atoms with Gasteiger partial charge in [-0.1, -0.05) is 18.2 Å². The maximum atomic E-state index is 9.20. The van der Waals surface area contributed by atoms with E-state index < -0.39 is 0 Å². The smallest absolute Gasteiger partial charge is 0.0504 e. The van der Waals surface area contributed by atoms with E-state index in [-0.39, 0.29) is 0 Å². The Hall–Kier alpha value is -1.32. The van der Waals surface area contributed by atoms with Crippen LogP contribution in [0.15, 0.2) is 24.3 Å². The minimum Gasteiger partial charge on any atom is -0.396 e. The Morgan fingerprint density at radius 3 is 3.05 bits per heavy atom. The van der Waals surface area contributed by atoms with Gasteiger partial charge < -0.3 is 10.1 Å². The summed E-state index contributed by atoms with van der Waals surface area (Å²) in [5.74, 6) is 0.679. The molecular weight excluding hydrogens is 248 g/mol. The molecule has 2 aliphatic heterocycles. The lowest BCUT2D eigenvalue weighted by Crippen LogP contribution is -2.41. The standard InChI is InChI=1S/C17H22N2O/c20-10-7-12-5-8-19-9-6-14-13-3-1-2-4-15(13)18-17(14)16(19)11-12/h1-4,12,16,18,20H,5-11H2/t12-,16-/m0/s1. The van der Waals surface area contributed by atoms with Gasteiger partial charge in [0.15, 0.2) is 0 Å². The predicted octanol–water partition coefficient (Wildman–Crippen LogP) is 2.86. The van der Waals surface area contributed by atoms with Gasteiger partial charge in [0.25, 0.3) is 0 Å². The van der Waals surface area contributed by atoms with Crippen molar-refractivity contribution in [2.45, 2.75) is 31.7 Å². The van der Waals surface area contributed by atoms with Gasteiger partial charge in [0.05, 0.1) is 6.04 Å². The largest absolute Gasteiger partial charge is 0.396 e. The van der Waals surface area contributed by atoms with Gasteiger partial charge in [-0.25, -0.2) is 0 Å². The molecule has 3 heteroatoms. The van der Waals surface area contributed by atoms with Crippen LogP contribution in [0.2, 0.25) is 0 Å². The van der Waals surface area contributed by atoms with Crippen molar-refractivity contribution in [2.24, 2.45) is 5.92 Å². The topological polar surface area (TPSA) is 39.3 Å². The van der Waals surface area contributed by atoms with Crippen molar-refractivity contribution in [2.75, 3.05) is 19.7 Å². The Balaban J connectivity index is 1.73. The van der Waals surface area contributed by atoms with E-state index >= 15 is 0 Å². The maximum Gasteiger partial charge on any atom is 0.0504 e. The molecular formula is C17H22N2O. The molecule has 0 radical (unpaired) electrons. The minimum atomic E-state index is 0.330. The van der Waals surface area contributed by atoms with Gasteiger partial charge in [0.1, 0.15) is 0 Å². The van der Waals surface area contributed by atoms with Crippen LogP contribution in [-0.2, 0) is 6.42 Å². The quantitative estimate of drug-likeness (QED) is 0.881. The third kappa shape index (κ3) is 1.88. The summed E-state index contributed by atoms with van der Waals surface area (Å²) in [7, 11) is 0. The molecule has 0 unspecified atom stereocenters. The molecule has 2 atom stereocenters. The summed E-state index contributed by atoms with van der Waals surface area (Å²) in [5.41, 5.74) is 4.26. The molecule has 0 bridgehead atoms. The van der Waals surface area contributed by atoms with Crippen LogP contribution in [0.4, 0.5) is 0 Å². The van der Waals surface area contributed by atoms with Gasteiger partial charge in [-0.3, -0.25) is 4.90 Å². The summed E-state index contributed by atoms with van der Waals surface area (Å²) in [6.45, 7) is 2.70. The first-order valence-electron chi connectivity index (χ1n) is 7.81. The van der Waals surface area contributed by atoms with E-state index in [1.54, 1.807) is 0 Å². The number of benzene rings is 1. The van der Waals surface area contributed by atoms with Crippen LogP contribution in [-0.4, -0.2) is 34.7 Å². The number of fused-ring (bicyclic) bond motifs is 5. The van der Waals surface area contributed by atoms with Crippen molar-refractivity contribution in [3.63, 3.8) is 0 Å². The van der Waals surface area contributed by atoms with Crippen molar-refractivity contribution >= 4 is 10.9 Å². The number of aliphatic hydroxyl groups excluding tert-OH is 1. The maximum absolute atomic E-state index is 9.20. The van der Waals surface area contributed by atoms with E-state index in [1.807, 2.05) is 0 Å². The van der Waals surface area contributed by atoms with E-state index in [1.165, 1.54) is 54.5 Å². The second kappa shape index (κ2) is 4.90. The van der Waals surface area contributed by atoms with Crippen molar-refractivity contribution in [3.8, 4) is 0 Å². The number of hydrogen-bond acceptors (Lipinski definition) is 2. The van der Waals surface area contributed by atoms with Gasteiger partial charge in [-0.15, -0.1) is 0 Å². The number of nitrogens with zero attached hydrogens (tertiary/aromatic N) is 1. The number of aromatic nitrogens is 1. The van der Waals surface area contributed by atoms with Crippen LogP contribution in [0.1, 0.15) is 36.6 Å². The average Bonchev–Trinajstić information content (AvgIpc) is 2.87. The molecule has 1 aromatic heterocycles. The highest BCUT2D eigenvalue weighted by molar-refractivity contribution is 5.85. The Kier molecular flexibility index (Phi) is 3.04. The minimum absolute atomic E-state index is 0.330. The van der Waals surface area contributed by atoms with E-state index in [9.17, 15) is 5.11 Å². The highest BCUT2D eigenvalue weighted by Crippen LogP contribution is 2.41. The summed E-state index contributed by atoms with van der Waals surface area (Å²) in [6, 6.07) is 9.22. The van der Waals surface area contributed by atoms with Gasteiger partial charge in [0, 0.05) is 29.7 Å². The highest BCUT2D eigenvalue weighted by Gasteiger charge is 2.35. The van der Waals surface area contributed by atoms with Crippen molar-refractivity contribution in [1.29, 1.82) is 0 Å². The molecule has 0 spiro atoms. The molecule has 2 N–H and O–H groups in total. The van der Waals surface area contributed by atoms with E-state index in [0.29, 0.717) is 18.6 Å². The molecule has 4 rings (SSSR count). The Morgan fingerprint density at radius 2 is 2.15 bits per heavy atom. The summed E-state index contributed by atoms with van der Waals surface area (Å²) in [6.07, 6.45) is 4.56. The molecule has 106 valence electrons. The zero-order valence-electron chi connectivity index (χ0n) is 11.8. The zero-order chi connectivity index (χ0) is 13.5. The molecule has 1 fully saturated rings. The Morgan fingerprint density at radius 1 is 1.25 bits per heavy atom. The molecule has 0 saturated carbocycles. The van der Waals surface area contributed by atoms with Crippen LogP contribution in [0, 0.1) is 5.92 Å². The SMILES string of the molecule is OCC[C@@H]1CCN2CCc3c([nH]c4ccccc34)[C@@H]2C1. The third-order valence-corrected chi connectivity index (χ3v) is 5.19. The third-order valence-electron chi connectivity index (χ3n) is 5.19. The second-order valence-electron chi connectivity index (χ2n) is 6.27. The molecule has 3 heterocycles. The first kappa shape index (κ1) is 12.4. The fourth-order valence-corrected chi connectivity index (χ4v) is 4.13. The van der Waals surface area contributed by atoms with E-state index in [0.717, 1.165) is 6.42 Å². The highest BCUT2D eigenvalue weighted by atomic mass is 16.3. The second-order valence-corrected chi connectivity index (χ2v) is 6.27. The van der Waals surface area contributed by atoms with Gasteiger partial charge in [0.2, 0.25) is 0 Å². The number of hydrogen-bond donors (Lipinski definition) is 2. The Bertz CT molecular complexity index is 618. The van der Waals surface area contributed by atoms with Gasteiger partial charge in [-0.2, -0.15) is 0 Å². The molecule has 0 aliphatic carbocycles. The molecule has 3 nitrogen and oxygen atoms in total. The zero-order valence-corrected chi connectivity index (χ0v) is 11.8. The van der Waals surface area contributed by atoms with Crippen LogP contribution < -0.4 is 0 Å². The fraction of sp³-hybridized carbons (Fsp3) is 0.529. The van der Waals surface area contributed by atoms with E-state index in [4.69, 9.17) is 0 Å². The summed E-state index contributed by atoms with van der Waals surface area (Å²) >= 11 is 0. The number of para-hydroxylation sites is 1. The van der Waals surface area contributed by atoms with Crippen molar-refractivity contribution < 1.29 is 5.11 Å². The van der Waals surface area contributed by atoms with Gasteiger partial charge in [-0.05, 0) is 49.8 Å². The molecule has 2 aromatic rings. The lowest BCUT2D eigenvalue weighted by atomic mass is 9.83. The number of piperidine rings is 1. The summed E-state index contributed by atoms with van der Waals surface area (Å²) < 4.78 is 0. The van der Waals surface area contributed by atoms with Crippen molar-refractivity contribution in [3.05, 3.63) is 35.5 Å². The molecule has 0 amide bonds. The first-order chi connectivity index (χ1) is 9.86. The average molecular weight is 270 g/mol. The summed E-state index contributed by atoms with van der Waals surface area (Å²) in [4.78, 5) is 6.30. The fourth-order valence-electron chi connectivity index (χ4n) is 4.13. The number of aromatic amines is 1. The molecule has 1 saturated heterocycles. The monoisotopic (exact) mass is 270 g/mol. The van der Waals surface area contributed by atoms with Crippen LogP contribution in [0.25, 0.3) is 10.9 Å². The molecule has 2 aliphatic rings. The normalized spacial score (nSPS) is 26.4. The molecule has 20 heavy (non-hydrogen) atoms. The van der Waals surface area contributed by atoms with Crippen LogP contribution in [0.3, 0.4) is 0 Å². The number of nitrogens with one attached hydrogen (secondary N) is 1. The Labute approximate surface area is 119 Å². The lowest BCUT2D eigenvalue weighted by molar-refractivity contribution is 0.0888. The number of H-pyrrole nitrogens is 1. The van der Waals surface area contributed by atoms with Crippen LogP contribution in [0.5, 0.6) is 0 Å². The van der Waals surface area contributed by atoms with Crippen LogP contribution >= 0.6 is 0 Å². The van der Waals surface area contributed by atoms with E-state index in [2.05, 4.69) is 34.1 Å².